The van der Waals surface area contributed by atoms with Crippen LogP contribution in [0.25, 0.3) is 0 Å². The fraction of sp³-hybridized carbons (Fsp3) is 0.259. The zero-order chi connectivity index (χ0) is 23.5. The maximum absolute atomic E-state index is 13.8. The van der Waals surface area contributed by atoms with Gasteiger partial charge in [-0.2, -0.15) is 0 Å². The lowest BCUT2D eigenvalue weighted by molar-refractivity contribution is -0.129. The van der Waals surface area contributed by atoms with Crippen LogP contribution in [0.15, 0.2) is 72.8 Å². The molecule has 1 aliphatic rings. The largest absolute Gasteiger partial charge is 0.348 e. The first-order valence-electron chi connectivity index (χ1n) is 11.0. The molecule has 1 heterocycles. The van der Waals surface area contributed by atoms with Crippen molar-refractivity contribution in [3.63, 3.8) is 0 Å². The third kappa shape index (κ3) is 5.23. The predicted octanol–water partition coefficient (Wildman–Crippen LogP) is 6.72. The number of hydrogen-bond acceptors (Lipinski definition) is 2. The van der Waals surface area contributed by atoms with Gasteiger partial charge in [0.2, 0.25) is 11.8 Å². The minimum atomic E-state index is -0.542. The molecule has 1 saturated heterocycles. The van der Waals surface area contributed by atoms with Crippen LogP contribution in [-0.4, -0.2) is 11.8 Å². The van der Waals surface area contributed by atoms with Gasteiger partial charge in [0.15, 0.2) is 0 Å². The second-order valence-electron chi connectivity index (χ2n) is 8.72. The Labute approximate surface area is 204 Å². The molecule has 0 bridgehead atoms. The maximum Gasteiger partial charge on any atom is 0.230 e. The first kappa shape index (κ1) is 23.3. The Balaban J connectivity index is 1.81. The molecule has 1 aliphatic heterocycles. The SMILES string of the molecule is CC(C)c1ccccc1[C@H]1NC(=O)C[C@@H](c2cccc(Cl)c2)[C@@H]1C(=O)Nc1cccc(Cl)c1. The Kier molecular flexibility index (Phi) is 7.06. The molecule has 4 nitrogen and oxygen atoms in total. The first-order valence-corrected chi connectivity index (χ1v) is 11.8. The lowest BCUT2D eigenvalue weighted by Gasteiger charge is -2.39. The van der Waals surface area contributed by atoms with E-state index in [0.717, 1.165) is 16.7 Å². The van der Waals surface area contributed by atoms with E-state index in [1.54, 1.807) is 30.3 Å². The summed E-state index contributed by atoms with van der Waals surface area (Å²) in [6, 6.07) is 22.0. The number of carbonyl (C=O) groups is 2. The number of benzene rings is 3. The van der Waals surface area contributed by atoms with E-state index in [2.05, 4.69) is 30.5 Å². The second kappa shape index (κ2) is 9.98. The lowest BCUT2D eigenvalue weighted by atomic mass is 9.72. The molecule has 3 aromatic rings. The van der Waals surface area contributed by atoms with Gasteiger partial charge < -0.3 is 10.6 Å². The van der Waals surface area contributed by atoms with Gasteiger partial charge in [0.05, 0.1) is 12.0 Å². The summed E-state index contributed by atoms with van der Waals surface area (Å²) in [7, 11) is 0. The van der Waals surface area contributed by atoms with E-state index in [9.17, 15) is 9.59 Å². The van der Waals surface area contributed by atoms with Crippen LogP contribution in [0.1, 0.15) is 54.8 Å². The monoisotopic (exact) mass is 480 g/mol. The number of piperidine rings is 1. The molecule has 6 heteroatoms. The fourth-order valence-corrected chi connectivity index (χ4v) is 5.05. The van der Waals surface area contributed by atoms with Crippen LogP contribution in [0, 0.1) is 5.92 Å². The Morgan fingerprint density at radius 2 is 1.67 bits per heavy atom. The summed E-state index contributed by atoms with van der Waals surface area (Å²) in [4.78, 5) is 26.7. The summed E-state index contributed by atoms with van der Waals surface area (Å²) in [6.45, 7) is 4.22. The molecule has 3 atom stereocenters. The zero-order valence-electron chi connectivity index (χ0n) is 18.5. The molecule has 3 aromatic carbocycles. The molecule has 0 radical (unpaired) electrons. The molecule has 0 aromatic heterocycles. The standard InChI is InChI=1S/C27H26Cl2N2O2/c1-16(2)21-11-3-4-12-22(21)26-25(27(33)30-20-10-6-9-19(29)14-20)23(15-24(32)31-26)17-7-5-8-18(28)13-17/h3-14,16,23,25-26H,15H2,1-2H3,(H,30,33)(H,31,32)/t23-,25-,26+/m0/s1. The number of anilines is 1. The number of halogens is 2. The molecule has 0 spiro atoms. The Morgan fingerprint density at radius 3 is 2.36 bits per heavy atom. The van der Waals surface area contributed by atoms with Crippen LogP contribution < -0.4 is 10.6 Å². The third-order valence-electron chi connectivity index (χ3n) is 6.14. The molecule has 0 unspecified atom stereocenters. The van der Waals surface area contributed by atoms with Gasteiger partial charge in [0.1, 0.15) is 0 Å². The van der Waals surface area contributed by atoms with Crippen LogP contribution in [-0.2, 0) is 9.59 Å². The maximum atomic E-state index is 13.8. The normalized spacial score (nSPS) is 20.4. The molecule has 33 heavy (non-hydrogen) atoms. The van der Waals surface area contributed by atoms with E-state index in [0.29, 0.717) is 15.7 Å². The molecule has 0 saturated carbocycles. The van der Waals surface area contributed by atoms with Crippen molar-refractivity contribution < 1.29 is 9.59 Å². The number of hydrogen-bond donors (Lipinski definition) is 2. The summed E-state index contributed by atoms with van der Waals surface area (Å²) >= 11 is 12.4. The van der Waals surface area contributed by atoms with Crippen molar-refractivity contribution in [1.29, 1.82) is 0 Å². The van der Waals surface area contributed by atoms with E-state index in [4.69, 9.17) is 23.2 Å². The molecule has 170 valence electrons. The fourth-order valence-electron chi connectivity index (χ4n) is 4.66. The highest BCUT2D eigenvalue weighted by atomic mass is 35.5. The summed E-state index contributed by atoms with van der Waals surface area (Å²) in [6.07, 6.45) is 0.203. The summed E-state index contributed by atoms with van der Waals surface area (Å²) in [5.41, 5.74) is 3.55. The van der Waals surface area contributed by atoms with Crippen LogP contribution in [0.4, 0.5) is 5.69 Å². The van der Waals surface area contributed by atoms with E-state index >= 15 is 0 Å². The van der Waals surface area contributed by atoms with Crippen LogP contribution in [0.3, 0.4) is 0 Å². The molecule has 2 amide bonds. The topological polar surface area (TPSA) is 58.2 Å². The summed E-state index contributed by atoms with van der Waals surface area (Å²) in [5, 5.41) is 7.25. The Bertz CT molecular complexity index is 1180. The average molecular weight is 481 g/mol. The quantitative estimate of drug-likeness (QED) is 0.425. The molecule has 1 fully saturated rings. The van der Waals surface area contributed by atoms with Gasteiger partial charge in [0.25, 0.3) is 0 Å². The number of carbonyl (C=O) groups excluding carboxylic acids is 2. The van der Waals surface area contributed by atoms with Gasteiger partial charge in [-0.05, 0) is 52.9 Å². The van der Waals surface area contributed by atoms with E-state index in [1.165, 1.54) is 0 Å². The van der Waals surface area contributed by atoms with Gasteiger partial charge in [0, 0.05) is 28.1 Å². The van der Waals surface area contributed by atoms with Gasteiger partial charge in [-0.25, -0.2) is 0 Å². The summed E-state index contributed by atoms with van der Waals surface area (Å²) in [5.74, 6) is -0.899. The highest BCUT2D eigenvalue weighted by Gasteiger charge is 2.43. The molecular formula is C27H26Cl2N2O2. The van der Waals surface area contributed by atoms with Crippen molar-refractivity contribution >= 4 is 40.7 Å². The lowest BCUT2D eigenvalue weighted by Crippen LogP contribution is -2.47. The molecule has 2 N–H and O–H groups in total. The minimum absolute atomic E-state index is 0.0876. The summed E-state index contributed by atoms with van der Waals surface area (Å²) < 4.78 is 0. The van der Waals surface area contributed by atoms with Crippen LogP contribution in [0.5, 0.6) is 0 Å². The Morgan fingerprint density at radius 1 is 0.970 bits per heavy atom. The molecule has 0 aliphatic carbocycles. The van der Waals surface area contributed by atoms with Crippen LogP contribution >= 0.6 is 23.2 Å². The van der Waals surface area contributed by atoms with Gasteiger partial charge >= 0.3 is 0 Å². The first-order chi connectivity index (χ1) is 15.8. The Hall–Kier alpha value is -2.82. The van der Waals surface area contributed by atoms with Crippen molar-refractivity contribution in [1.82, 2.24) is 5.32 Å². The minimum Gasteiger partial charge on any atom is -0.348 e. The van der Waals surface area contributed by atoms with Crippen molar-refractivity contribution in [2.75, 3.05) is 5.32 Å². The van der Waals surface area contributed by atoms with Gasteiger partial charge in [-0.15, -0.1) is 0 Å². The van der Waals surface area contributed by atoms with Crippen molar-refractivity contribution in [3.8, 4) is 0 Å². The predicted molar refractivity (Wildman–Crippen MR) is 134 cm³/mol. The smallest absolute Gasteiger partial charge is 0.230 e. The van der Waals surface area contributed by atoms with Crippen molar-refractivity contribution in [2.24, 2.45) is 5.92 Å². The number of amides is 2. The highest BCUT2D eigenvalue weighted by Crippen LogP contribution is 2.43. The van der Waals surface area contributed by atoms with Crippen molar-refractivity contribution in [3.05, 3.63) is 99.5 Å². The van der Waals surface area contributed by atoms with Gasteiger partial charge in [-0.1, -0.05) is 79.5 Å². The van der Waals surface area contributed by atoms with Gasteiger partial charge in [-0.3, -0.25) is 9.59 Å². The van der Waals surface area contributed by atoms with E-state index < -0.39 is 12.0 Å². The second-order valence-corrected chi connectivity index (χ2v) is 9.59. The zero-order valence-corrected chi connectivity index (χ0v) is 20.0. The third-order valence-corrected chi connectivity index (χ3v) is 6.61. The number of nitrogens with one attached hydrogen (secondary N) is 2. The molecular weight excluding hydrogens is 455 g/mol. The van der Waals surface area contributed by atoms with Crippen molar-refractivity contribution in [2.45, 2.75) is 38.1 Å². The number of rotatable bonds is 5. The van der Waals surface area contributed by atoms with E-state index in [1.807, 2.05) is 36.4 Å². The van der Waals surface area contributed by atoms with Crippen LogP contribution in [0.2, 0.25) is 10.0 Å². The van der Waals surface area contributed by atoms with E-state index in [-0.39, 0.29) is 30.1 Å². The highest BCUT2D eigenvalue weighted by molar-refractivity contribution is 6.31. The average Bonchev–Trinajstić information content (AvgIpc) is 2.78. The molecule has 4 rings (SSSR count).